The third-order valence-electron chi connectivity index (χ3n) is 2.93. The molecule has 0 spiro atoms. The number of aromatic nitrogens is 2. The maximum atomic E-state index is 11.9. The number of benzene rings is 1. The number of nitrogens with zero attached hydrogens (tertiary/aromatic N) is 2. The Bertz CT molecular complexity index is 540. The van der Waals surface area contributed by atoms with Gasteiger partial charge in [0.2, 0.25) is 5.91 Å². The number of carbonyl (C=O) groups is 1. The first-order valence-electron chi connectivity index (χ1n) is 6.46. The number of aryl methyl sites for hydroxylation is 1. The van der Waals surface area contributed by atoms with Crippen molar-refractivity contribution in [2.24, 2.45) is 0 Å². The molecule has 6 heteroatoms. The van der Waals surface area contributed by atoms with Gasteiger partial charge in [-0.1, -0.05) is 54.3 Å². The van der Waals surface area contributed by atoms with Crippen molar-refractivity contribution in [3.8, 4) is 0 Å². The van der Waals surface area contributed by atoms with E-state index in [1.807, 2.05) is 6.92 Å². The van der Waals surface area contributed by atoms with Gasteiger partial charge in [-0.3, -0.25) is 4.79 Å². The summed E-state index contributed by atoms with van der Waals surface area (Å²) in [5, 5.41) is 10.6. The lowest BCUT2D eigenvalue weighted by atomic mass is 10.1. The molecule has 0 saturated heterocycles. The van der Waals surface area contributed by atoms with Gasteiger partial charge in [0.1, 0.15) is 5.51 Å². The number of hydrogen-bond acceptors (Lipinski definition) is 5. The molecule has 2 rings (SSSR count). The summed E-state index contributed by atoms with van der Waals surface area (Å²) >= 11 is 2.86. The van der Waals surface area contributed by atoms with E-state index >= 15 is 0 Å². The summed E-state index contributed by atoms with van der Waals surface area (Å²) in [7, 11) is 0. The molecule has 0 unspecified atom stereocenters. The number of thioether (sulfide) groups is 1. The lowest BCUT2D eigenvalue weighted by molar-refractivity contribution is -0.119. The van der Waals surface area contributed by atoms with Gasteiger partial charge in [-0.2, -0.15) is 0 Å². The van der Waals surface area contributed by atoms with Crippen LogP contribution < -0.4 is 5.32 Å². The molecule has 1 aromatic heterocycles. The van der Waals surface area contributed by atoms with Crippen LogP contribution in [0.2, 0.25) is 0 Å². The van der Waals surface area contributed by atoms with Crippen LogP contribution in [0.3, 0.4) is 0 Å². The predicted octanol–water partition coefficient (Wildman–Crippen LogP) is 3.07. The lowest BCUT2D eigenvalue weighted by Gasteiger charge is -2.14. The van der Waals surface area contributed by atoms with E-state index in [2.05, 4.69) is 46.7 Å². The molecule has 1 aromatic carbocycles. The van der Waals surface area contributed by atoms with Crippen molar-refractivity contribution in [3.05, 3.63) is 40.9 Å². The molecular weight excluding hydrogens is 290 g/mol. The monoisotopic (exact) mass is 307 g/mol. The Kier molecular flexibility index (Phi) is 5.55. The van der Waals surface area contributed by atoms with Gasteiger partial charge in [-0.15, -0.1) is 10.2 Å². The van der Waals surface area contributed by atoms with Crippen molar-refractivity contribution in [1.82, 2.24) is 15.5 Å². The molecule has 106 valence electrons. The minimum absolute atomic E-state index is 0.0114. The van der Waals surface area contributed by atoms with Gasteiger partial charge >= 0.3 is 0 Å². The van der Waals surface area contributed by atoms with E-state index in [4.69, 9.17) is 0 Å². The maximum absolute atomic E-state index is 11.9. The number of hydrogen-bond donors (Lipinski definition) is 1. The Labute approximate surface area is 127 Å². The largest absolute Gasteiger partial charge is 0.349 e. The fraction of sp³-hybridized carbons (Fsp3) is 0.357. The minimum atomic E-state index is 0.0114. The first-order valence-corrected chi connectivity index (χ1v) is 8.32. The Balaban J connectivity index is 1.83. The molecule has 0 bridgehead atoms. The highest BCUT2D eigenvalue weighted by Gasteiger charge is 2.10. The number of nitrogens with one attached hydrogen (secondary N) is 1. The molecule has 0 radical (unpaired) electrons. The normalized spacial score (nSPS) is 12.1. The minimum Gasteiger partial charge on any atom is -0.349 e. The standard InChI is InChI=1S/C14H17N3OS2/c1-3-11-4-6-12(7-5-11)10(2)16-13(18)8-19-14-17-15-9-20-14/h4-7,9-10H,3,8H2,1-2H3,(H,16,18)/t10-/m1/s1. The van der Waals surface area contributed by atoms with Crippen LogP contribution in [0.4, 0.5) is 0 Å². The molecular formula is C14H17N3OS2. The van der Waals surface area contributed by atoms with E-state index in [0.29, 0.717) is 5.75 Å². The van der Waals surface area contributed by atoms with Crippen molar-refractivity contribution < 1.29 is 4.79 Å². The average molecular weight is 307 g/mol. The summed E-state index contributed by atoms with van der Waals surface area (Å²) in [6.45, 7) is 4.12. The summed E-state index contributed by atoms with van der Waals surface area (Å²) in [6, 6.07) is 8.37. The molecule has 0 fully saturated rings. The Morgan fingerprint density at radius 1 is 1.40 bits per heavy atom. The number of amides is 1. The Morgan fingerprint density at radius 2 is 2.15 bits per heavy atom. The Hall–Kier alpha value is -1.40. The highest BCUT2D eigenvalue weighted by Crippen LogP contribution is 2.19. The molecule has 1 heterocycles. The third kappa shape index (κ3) is 4.31. The van der Waals surface area contributed by atoms with Gasteiger partial charge in [-0.05, 0) is 24.5 Å². The Morgan fingerprint density at radius 3 is 2.75 bits per heavy atom. The quantitative estimate of drug-likeness (QED) is 0.833. The van der Waals surface area contributed by atoms with Gasteiger partial charge in [0.15, 0.2) is 4.34 Å². The lowest BCUT2D eigenvalue weighted by Crippen LogP contribution is -2.28. The second-order valence-electron chi connectivity index (χ2n) is 4.38. The first kappa shape index (κ1) is 15.0. The van der Waals surface area contributed by atoms with Crippen molar-refractivity contribution in [3.63, 3.8) is 0 Å². The molecule has 1 atom stereocenters. The van der Waals surface area contributed by atoms with Crippen LogP contribution in [-0.4, -0.2) is 21.9 Å². The highest BCUT2D eigenvalue weighted by atomic mass is 32.2. The van der Waals surface area contributed by atoms with Gasteiger partial charge in [0.25, 0.3) is 0 Å². The van der Waals surface area contributed by atoms with Crippen LogP contribution >= 0.6 is 23.1 Å². The van der Waals surface area contributed by atoms with Crippen molar-refractivity contribution in [2.75, 3.05) is 5.75 Å². The van der Waals surface area contributed by atoms with Crippen LogP contribution in [-0.2, 0) is 11.2 Å². The van der Waals surface area contributed by atoms with Crippen molar-refractivity contribution in [2.45, 2.75) is 30.6 Å². The molecule has 4 nitrogen and oxygen atoms in total. The second kappa shape index (κ2) is 7.40. The molecule has 1 N–H and O–H groups in total. The van der Waals surface area contributed by atoms with E-state index < -0.39 is 0 Å². The van der Waals surface area contributed by atoms with Crippen LogP contribution in [0.15, 0.2) is 34.1 Å². The van der Waals surface area contributed by atoms with Crippen molar-refractivity contribution in [1.29, 1.82) is 0 Å². The van der Waals surface area contributed by atoms with Gasteiger partial charge in [-0.25, -0.2) is 0 Å². The van der Waals surface area contributed by atoms with Crippen LogP contribution in [0.25, 0.3) is 0 Å². The topological polar surface area (TPSA) is 54.9 Å². The SMILES string of the molecule is CCc1ccc([C@@H](C)NC(=O)CSc2nncs2)cc1. The smallest absolute Gasteiger partial charge is 0.230 e. The summed E-state index contributed by atoms with van der Waals surface area (Å²) in [5.74, 6) is 0.379. The maximum Gasteiger partial charge on any atom is 0.230 e. The number of rotatable bonds is 6. The van der Waals surface area contributed by atoms with Crippen LogP contribution in [0.5, 0.6) is 0 Å². The molecule has 0 saturated carbocycles. The van der Waals surface area contributed by atoms with Gasteiger partial charge < -0.3 is 5.32 Å². The summed E-state index contributed by atoms with van der Waals surface area (Å²) < 4.78 is 0.820. The predicted molar refractivity (Wildman–Crippen MR) is 83.0 cm³/mol. The van der Waals surface area contributed by atoms with Gasteiger partial charge in [0.05, 0.1) is 11.8 Å². The fourth-order valence-corrected chi connectivity index (χ4v) is 3.06. The zero-order chi connectivity index (χ0) is 14.4. The van der Waals surface area contributed by atoms with E-state index in [0.717, 1.165) is 16.3 Å². The molecule has 1 amide bonds. The zero-order valence-corrected chi connectivity index (χ0v) is 13.1. The van der Waals surface area contributed by atoms with E-state index in [1.165, 1.54) is 28.7 Å². The fourth-order valence-electron chi connectivity index (χ4n) is 1.76. The summed E-state index contributed by atoms with van der Waals surface area (Å²) in [4.78, 5) is 11.9. The molecule has 0 aliphatic carbocycles. The first-order chi connectivity index (χ1) is 9.69. The molecule has 2 aromatic rings. The number of carbonyl (C=O) groups excluding carboxylic acids is 1. The zero-order valence-electron chi connectivity index (χ0n) is 11.5. The molecule has 0 aliphatic rings. The molecule has 20 heavy (non-hydrogen) atoms. The average Bonchev–Trinajstić information content (AvgIpc) is 2.98. The van der Waals surface area contributed by atoms with Crippen molar-refractivity contribution >= 4 is 29.0 Å². The van der Waals surface area contributed by atoms with E-state index in [1.54, 1.807) is 5.51 Å². The second-order valence-corrected chi connectivity index (χ2v) is 6.43. The molecule has 0 aliphatic heterocycles. The van der Waals surface area contributed by atoms with E-state index in [9.17, 15) is 4.79 Å². The summed E-state index contributed by atoms with van der Waals surface area (Å²) in [5.41, 5.74) is 4.09. The van der Waals surface area contributed by atoms with Crippen LogP contribution in [0, 0.1) is 0 Å². The third-order valence-corrected chi connectivity index (χ3v) is 4.79. The van der Waals surface area contributed by atoms with Crippen LogP contribution in [0.1, 0.15) is 31.0 Å². The van der Waals surface area contributed by atoms with Gasteiger partial charge in [0, 0.05) is 0 Å². The highest BCUT2D eigenvalue weighted by molar-refractivity contribution is 8.01. The summed E-state index contributed by atoms with van der Waals surface area (Å²) in [6.07, 6.45) is 1.03. The van der Waals surface area contributed by atoms with E-state index in [-0.39, 0.29) is 11.9 Å².